The van der Waals surface area contributed by atoms with Gasteiger partial charge in [-0.3, -0.25) is 4.84 Å². The average Bonchev–Trinajstić information content (AvgIpc) is 2.41. The highest BCUT2D eigenvalue weighted by Crippen LogP contribution is 2.13. The Kier molecular flexibility index (Phi) is 5.85. The molecule has 0 saturated carbocycles. The molecule has 0 N–H and O–H groups in total. The average molecular weight is 263 g/mol. The molecule has 0 atom stereocenters. The molecule has 0 bridgehead atoms. The van der Waals surface area contributed by atoms with E-state index in [1.807, 2.05) is 24.3 Å². The predicted molar refractivity (Wildman–Crippen MR) is 77.8 cm³/mol. The zero-order chi connectivity index (χ0) is 14.3. The molecule has 1 rings (SSSR count). The first kappa shape index (κ1) is 15.0. The summed E-state index contributed by atoms with van der Waals surface area (Å²) in [5, 5.41) is 3.65. The van der Waals surface area contributed by atoms with Crippen molar-refractivity contribution in [2.75, 3.05) is 32.1 Å². The van der Waals surface area contributed by atoms with Crippen molar-refractivity contribution in [2.24, 2.45) is 5.16 Å². The maximum Gasteiger partial charge on any atom is 0.435 e. The van der Waals surface area contributed by atoms with Crippen LogP contribution in [0.1, 0.15) is 19.4 Å². The third-order valence-electron chi connectivity index (χ3n) is 2.72. The molecule has 5 nitrogen and oxygen atoms in total. The van der Waals surface area contributed by atoms with Gasteiger partial charge in [-0.2, -0.15) is 0 Å². The quantitative estimate of drug-likeness (QED) is 0.466. The van der Waals surface area contributed by atoms with E-state index in [4.69, 9.17) is 0 Å². The Morgan fingerprint density at radius 1 is 1.21 bits per heavy atom. The molecule has 1 aromatic rings. The monoisotopic (exact) mass is 263 g/mol. The van der Waals surface area contributed by atoms with Crippen LogP contribution in [0, 0.1) is 0 Å². The van der Waals surface area contributed by atoms with E-state index >= 15 is 0 Å². The highest BCUT2D eigenvalue weighted by atomic mass is 16.7. The van der Waals surface area contributed by atoms with E-state index in [-0.39, 0.29) is 0 Å². The second-order valence-electron chi connectivity index (χ2n) is 4.25. The summed E-state index contributed by atoms with van der Waals surface area (Å²) >= 11 is 0. The second kappa shape index (κ2) is 7.41. The first-order valence-electron chi connectivity index (χ1n) is 6.35. The third kappa shape index (κ3) is 4.62. The van der Waals surface area contributed by atoms with Crippen molar-refractivity contribution in [3.63, 3.8) is 0 Å². The summed E-state index contributed by atoms with van der Waals surface area (Å²) in [6.07, 6.45) is 1.03. The SMILES string of the molecule is CCN(CC)c1ccc(C=NOC(=O)N(C)C)cc1. The predicted octanol–water partition coefficient (Wildman–Crippen LogP) is 2.56. The molecule has 0 unspecified atom stereocenters. The smallest absolute Gasteiger partial charge is 0.372 e. The fourth-order valence-corrected chi connectivity index (χ4v) is 1.57. The van der Waals surface area contributed by atoms with Crippen molar-refractivity contribution in [3.05, 3.63) is 29.8 Å². The van der Waals surface area contributed by atoms with Gasteiger partial charge in [0.05, 0.1) is 6.21 Å². The van der Waals surface area contributed by atoms with E-state index in [1.54, 1.807) is 14.1 Å². The molecule has 0 aromatic heterocycles. The van der Waals surface area contributed by atoms with Crippen molar-refractivity contribution in [2.45, 2.75) is 13.8 Å². The molecular weight excluding hydrogens is 242 g/mol. The highest BCUT2D eigenvalue weighted by Gasteiger charge is 2.03. The summed E-state index contributed by atoms with van der Waals surface area (Å²) in [7, 11) is 3.22. The molecule has 0 radical (unpaired) electrons. The largest absolute Gasteiger partial charge is 0.435 e. The lowest BCUT2D eigenvalue weighted by Crippen LogP contribution is -2.21. The van der Waals surface area contributed by atoms with Gasteiger partial charge >= 0.3 is 6.09 Å². The van der Waals surface area contributed by atoms with Crippen LogP contribution in [0.4, 0.5) is 10.5 Å². The Hall–Kier alpha value is -2.04. The van der Waals surface area contributed by atoms with E-state index < -0.39 is 6.09 Å². The van der Waals surface area contributed by atoms with Gasteiger partial charge in [0.25, 0.3) is 0 Å². The van der Waals surface area contributed by atoms with Gasteiger partial charge in [-0.1, -0.05) is 17.3 Å². The number of benzene rings is 1. The minimum atomic E-state index is -0.490. The van der Waals surface area contributed by atoms with Crippen LogP contribution in [0.5, 0.6) is 0 Å². The van der Waals surface area contributed by atoms with Gasteiger partial charge in [-0.15, -0.1) is 0 Å². The lowest BCUT2D eigenvalue weighted by atomic mass is 10.2. The van der Waals surface area contributed by atoms with Crippen molar-refractivity contribution in [1.29, 1.82) is 0 Å². The van der Waals surface area contributed by atoms with E-state index in [0.717, 1.165) is 18.7 Å². The number of hydrogen-bond donors (Lipinski definition) is 0. The summed E-state index contributed by atoms with van der Waals surface area (Å²) in [5.74, 6) is 0. The fourth-order valence-electron chi connectivity index (χ4n) is 1.57. The summed E-state index contributed by atoms with van der Waals surface area (Å²) in [5.41, 5.74) is 2.06. The van der Waals surface area contributed by atoms with Crippen molar-refractivity contribution >= 4 is 18.0 Å². The molecule has 0 heterocycles. The molecule has 0 fully saturated rings. The second-order valence-corrected chi connectivity index (χ2v) is 4.25. The van der Waals surface area contributed by atoms with E-state index in [9.17, 15) is 4.79 Å². The van der Waals surface area contributed by atoms with Crippen molar-refractivity contribution in [3.8, 4) is 0 Å². The molecule has 1 aromatic carbocycles. The standard InChI is InChI=1S/C14H21N3O2/c1-5-17(6-2)13-9-7-12(8-10-13)11-15-19-14(18)16(3)4/h7-11H,5-6H2,1-4H3. The number of carbonyl (C=O) groups excluding carboxylic acids is 1. The summed E-state index contributed by atoms with van der Waals surface area (Å²) in [6, 6.07) is 7.95. The summed E-state index contributed by atoms with van der Waals surface area (Å²) in [4.78, 5) is 19.4. The molecule has 0 saturated heterocycles. The number of rotatable bonds is 5. The van der Waals surface area contributed by atoms with Crippen LogP contribution >= 0.6 is 0 Å². The molecule has 0 aliphatic carbocycles. The zero-order valence-corrected chi connectivity index (χ0v) is 12.0. The Morgan fingerprint density at radius 3 is 2.26 bits per heavy atom. The summed E-state index contributed by atoms with van der Waals surface area (Å²) in [6.45, 7) is 6.20. The molecular formula is C14H21N3O2. The van der Waals surface area contributed by atoms with Crippen molar-refractivity contribution < 1.29 is 9.63 Å². The molecule has 104 valence electrons. The van der Waals surface area contributed by atoms with Crippen LogP contribution in [0.25, 0.3) is 0 Å². The van der Waals surface area contributed by atoms with Gasteiger partial charge in [0.2, 0.25) is 0 Å². The van der Waals surface area contributed by atoms with Gasteiger partial charge in [-0.05, 0) is 31.5 Å². The zero-order valence-electron chi connectivity index (χ0n) is 12.0. The number of anilines is 1. The van der Waals surface area contributed by atoms with Crippen LogP contribution in [-0.4, -0.2) is 44.4 Å². The topological polar surface area (TPSA) is 45.1 Å². The Morgan fingerprint density at radius 2 is 1.79 bits per heavy atom. The van der Waals surface area contributed by atoms with Gasteiger partial charge in [-0.25, -0.2) is 4.79 Å². The molecule has 19 heavy (non-hydrogen) atoms. The van der Waals surface area contributed by atoms with Crippen LogP contribution in [0.3, 0.4) is 0 Å². The Bertz CT molecular complexity index is 423. The molecule has 0 spiro atoms. The number of carbonyl (C=O) groups is 1. The third-order valence-corrected chi connectivity index (χ3v) is 2.72. The number of oxime groups is 1. The number of nitrogens with zero attached hydrogens (tertiary/aromatic N) is 3. The van der Waals surface area contributed by atoms with Gasteiger partial charge < -0.3 is 9.80 Å². The van der Waals surface area contributed by atoms with Crippen molar-refractivity contribution in [1.82, 2.24) is 4.90 Å². The fraction of sp³-hybridized carbons (Fsp3) is 0.429. The normalized spacial score (nSPS) is 10.5. The molecule has 1 amide bonds. The molecule has 0 aliphatic rings. The minimum Gasteiger partial charge on any atom is -0.372 e. The van der Waals surface area contributed by atoms with Crippen LogP contribution in [-0.2, 0) is 4.84 Å². The first-order chi connectivity index (χ1) is 9.08. The summed E-state index contributed by atoms with van der Waals surface area (Å²) < 4.78 is 0. The lowest BCUT2D eigenvalue weighted by molar-refractivity contribution is 0.123. The minimum absolute atomic E-state index is 0.490. The van der Waals surface area contributed by atoms with E-state index in [2.05, 4.69) is 28.7 Å². The lowest BCUT2D eigenvalue weighted by Gasteiger charge is -2.20. The first-order valence-corrected chi connectivity index (χ1v) is 6.35. The maximum atomic E-state index is 11.1. The number of hydrogen-bond acceptors (Lipinski definition) is 4. The van der Waals surface area contributed by atoms with Gasteiger partial charge in [0.15, 0.2) is 0 Å². The number of amides is 1. The Labute approximate surface area is 114 Å². The maximum absolute atomic E-state index is 11.1. The van der Waals surface area contributed by atoms with Gasteiger partial charge in [0.1, 0.15) is 0 Å². The van der Waals surface area contributed by atoms with E-state index in [1.165, 1.54) is 16.8 Å². The highest BCUT2D eigenvalue weighted by molar-refractivity contribution is 5.80. The van der Waals surface area contributed by atoms with Crippen LogP contribution in [0.15, 0.2) is 29.4 Å². The van der Waals surface area contributed by atoms with Crippen LogP contribution < -0.4 is 4.90 Å². The Balaban J connectivity index is 2.62. The van der Waals surface area contributed by atoms with E-state index in [0.29, 0.717) is 0 Å². The van der Waals surface area contributed by atoms with Crippen LogP contribution in [0.2, 0.25) is 0 Å². The van der Waals surface area contributed by atoms with Gasteiger partial charge in [0, 0.05) is 32.9 Å². The molecule has 5 heteroatoms. The molecule has 0 aliphatic heterocycles.